The molecule has 1 fully saturated rings. The normalized spacial score (nSPS) is 23.2. The highest BCUT2D eigenvalue weighted by molar-refractivity contribution is 4.82. The summed E-state index contributed by atoms with van der Waals surface area (Å²) in [5.74, 6) is 0. The Bertz CT molecular complexity index is 183. The van der Waals surface area contributed by atoms with Gasteiger partial charge in [0.1, 0.15) is 0 Å². The predicted octanol–water partition coefficient (Wildman–Crippen LogP) is 3.02. The van der Waals surface area contributed by atoms with Gasteiger partial charge >= 0.3 is 0 Å². The summed E-state index contributed by atoms with van der Waals surface area (Å²) in [6.45, 7) is 10.6. The van der Waals surface area contributed by atoms with Crippen molar-refractivity contribution in [3.63, 3.8) is 0 Å². The number of hydrogen-bond donors (Lipinski definition) is 1. The first kappa shape index (κ1) is 14.0. The molecule has 1 aliphatic heterocycles. The number of unbranched alkanes of at least 4 members (excludes halogenated alkanes) is 1. The highest BCUT2D eigenvalue weighted by Gasteiger charge is 2.28. The number of nitrogens with two attached hydrogens (primary N) is 1. The van der Waals surface area contributed by atoms with Crippen molar-refractivity contribution in [1.29, 1.82) is 0 Å². The average Bonchev–Trinajstić information content (AvgIpc) is 2.30. The summed E-state index contributed by atoms with van der Waals surface area (Å²) in [6.07, 6.45) is 7.76. The number of hydrogen-bond acceptors (Lipinski definition) is 2. The second kappa shape index (κ2) is 6.61. The van der Waals surface area contributed by atoms with Crippen LogP contribution in [-0.4, -0.2) is 30.6 Å². The van der Waals surface area contributed by atoms with E-state index in [4.69, 9.17) is 5.73 Å². The first-order valence-corrected chi connectivity index (χ1v) is 7.07. The third-order valence-electron chi connectivity index (χ3n) is 4.34. The highest BCUT2D eigenvalue weighted by Crippen LogP contribution is 2.33. The number of rotatable bonds is 6. The molecule has 0 saturated carbocycles. The Labute approximate surface area is 102 Å². The summed E-state index contributed by atoms with van der Waals surface area (Å²) in [5, 5.41) is 0. The molecule has 1 atom stereocenters. The van der Waals surface area contributed by atoms with Gasteiger partial charge in [-0.1, -0.05) is 40.0 Å². The monoisotopic (exact) mass is 226 g/mol. The second-order valence-electron chi connectivity index (χ2n) is 5.87. The first-order valence-electron chi connectivity index (χ1n) is 7.07. The van der Waals surface area contributed by atoms with Crippen LogP contribution in [0.1, 0.15) is 59.3 Å². The van der Waals surface area contributed by atoms with Crippen molar-refractivity contribution >= 4 is 0 Å². The summed E-state index contributed by atoms with van der Waals surface area (Å²) in [5.41, 5.74) is 6.75. The summed E-state index contributed by atoms with van der Waals surface area (Å²) in [6, 6.07) is 0.394. The van der Waals surface area contributed by atoms with Crippen LogP contribution in [0.4, 0.5) is 0 Å². The topological polar surface area (TPSA) is 29.3 Å². The van der Waals surface area contributed by atoms with Crippen molar-refractivity contribution in [3.05, 3.63) is 0 Å². The van der Waals surface area contributed by atoms with Crippen LogP contribution < -0.4 is 5.73 Å². The largest absolute Gasteiger partial charge is 0.327 e. The molecule has 1 rings (SSSR count). The zero-order chi connectivity index (χ0) is 12.0. The molecule has 2 N–H and O–H groups in total. The van der Waals surface area contributed by atoms with Gasteiger partial charge in [0, 0.05) is 12.6 Å². The average molecular weight is 226 g/mol. The molecule has 96 valence electrons. The Morgan fingerprint density at radius 3 is 2.38 bits per heavy atom. The maximum atomic E-state index is 6.15. The van der Waals surface area contributed by atoms with Gasteiger partial charge in [-0.3, -0.25) is 0 Å². The van der Waals surface area contributed by atoms with Gasteiger partial charge < -0.3 is 10.6 Å². The zero-order valence-electron chi connectivity index (χ0n) is 11.5. The van der Waals surface area contributed by atoms with Crippen LogP contribution in [-0.2, 0) is 0 Å². The molecule has 2 heteroatoms. The number of likely N-dealkylation sites (tertiary alicyclic amines) is 1. The molecule has 1 unspecified atom stereocenters. The van der Waals surface area contributed by atoms with Gasteiger partial charge in [-0.15, -0.1) is 0 Å². The fourth-order valence-corrected chi connectivity index (χ4v) is 2.52. The van der Waals surface area contributed by atoms with Crippen molar-refractivity contribution < 1.29 is 0 Å². The van der Waals surface area contributed by atoms with Crippen LogP contribution in [0.5, 0.6) is 0 Å². The Hall–Kier alpha value is -0.0800. The van der Waals surface area contributed by atoms with Crippen LogP contribution in [0.2, 0.25) is 0 Å². The van der Waals surface area contributed by atoms with E-state index in [0.717, 1.165) is 6.54 Å². The van der Waals surface area contributed by atoms with E-state index in [9.17, 15) is 0 Å². The maximum absolute atomic E-state index is 6.15. The zero-order valence-corrected chi connectivity index (χ0v) is 11.5. The van der Waals surface area contributed by atoms with Gasteiger partial charge in [-0.05, 0) is 37.8 Å². The Kier molecular flexibility index (Phi) is 5.77. The predicted molar refractivity (Wildman–Crippen MR) is 71.6 cm³/mol. The molecule has 0 bridgehead atoms. The van der Waals surface area contributed by atoms with Gasteiger partial charge in [-0.25, -0.2) is 0 Å². The lowest BCUT2D eigenvalue weighted by Gasteiger charge is -2.39. The Balaban J connectivity index is 2.21. The fraction of sp³-hybridized carbons (Fsp3) is 1.00. The van der Waals surface area contributed by atoms with E-state index >= 15 is 0 Å². The van der Waals surface area contributed by atoms with E-state index in [1.54, 1.807) is 0 Å². The Morgan fingerprint density at radius 2 is 1.88 bits per heavy atom. The summed E-state index contributed by atoms with van der Waals surface area (Å²) >= 11 is 0. The molecule has 0 spiro atoms. The molecule has 1 aliphatic rings. The molecule has 0 aromatic rings. The molecule has 0 aromatic carbocycles. The molecular weight excluding hydrogens is 196 g/mol. The third-order valence-corrected chi connectivity index (χ3v) is 4.34. The van der Waals surface area contributed by atoms with Crippen molar-refractivity contribution in [3.8, 4) is 0 Å². The minimum absolute atomic E-state index is 0.394. The van der Waals surface area contributed by atoms with Crippen LogP contribution in [0.25, 0.3) is 0 Å². The van der Waals surface area contributed by atoms with Gasteiger partial charge in [-0.2, -0.15) is 0 Å². The van der Waals surface area contributed by atoms with Crippen LogP contribution in [0.3, 0.4) is 0 Å². The van der Waals surface area contributed by atoms with Crippen molar-refractivity contribution in [2.45, 2.75) is 65.3 Å². The van der Waals surface area contributed by atoms with Crippen molar-refractivity contribution in [1.82, 2.24) is 4.90 Å². The third kappa shape index (κ3) is 4.42. The molecule has 0 amide bonds. The van der Waals surface area contributed by atoms with Gasteiger partial charge in [0.05, 0.1) is 0 Å². The highest BCUT2D eigenvalue weighted by atomic mass is 15.1. The SMILES string of the molecule is CCCCC(N)CN1CCC(C)(CC)CC1. The van der Waals surface area contributed by atoms with E-state index in [0.29, 0.717) is 11.5 Å². The minimum atomic E-state index is 0.394. The number of nitrogens with zero attached hydrogens (tertiary/aromatic N) is 1. The molecule has 0 aromatic heterocycles. The lowest BCUT2D eigenvalue weighted by Crippen LogP contribution is -2.44. The molecule has 0 radical (unpaired) electrons. The molecule has 1 saturated heterocycles. The second-order valence-corrected chi connectivity index (χ2v) is 5.87. The fourth-order valence-electron chi connectivity index (χ4n) is 2.52. The van der Waals surface area contributed by atoms with Crippen molar-refractivity contribution in [2.24, 2.45) is 11.1 Å². The summed E-state index contributed by atoms with van der Waals surface area (Å²) in [4.78, 5) is 2.57. The molecule has 1 heterocycles. The summed E-state index contributed by atoms with van der Waals surface area (Å²) < 4.78 is 0. The van der Waals surface area contributed by atoms with Crippen LogP contribution >= 0.6 is 0 Å². The lowest BCUT2D eigenvalue weighted by atomic mass is 9.78. The maximum Gasteiger partial charge on any atom is 0.0167 e. The summed E-state index contributed by atoms with van der Waals surface area (Å²) in [7, 11) is 0. The van der Waals surface area contributed by atoms with Crippen LogP contribution in [0, 0.1) is 5.41 Å². The molecular formula is C14H30N2. The van der Waals surface area contributed by atoms with E-state index < -0.39 is 0 Å². The molecule has 2 nitrogen and oxygen atoms in total. The van der Waals surface area contributed by atoms with E-state index in [1.807, 2.05) is 0 Å². The van der Waals surface area contributed by atoms with E-state index in [1.165, 1.54) is 51.6 Å². The lowest BCUT2D eigenvalue weighted by molar-refractivity contribution is 0.109. The van der Waals surface area contributed by atoms with Crippen molar-refractivity contribution in [2.75, 3.05) is 19.6 Å². The van der Waals surface area contributed by atoms with E-state index in [-0.39, 0.29) is 0 Å². The van der Waals surface area contributed by atoms with Gasteiger partial charge in [0.25, 0.3) is 0 Å². The van der Waals surface area contributed by atoms with Gasteiger partial charge in [0.15, 0.2) is 0 Å². The minimum Gasteiger partial charge on any atom is -0.327 e. The first-order chi connectivity index (χ1) is 7.59. The van der Waals surface area contributed by atoms with Gasteiger partial charge in [0.2, 0.25) is 0 Å². The van der Waals surface area contributed by atoms with Crippen LogP contribution in [0.15, 0.2) is 0 Å². The number of piperidine rings is 1. The Morgan fingerprint density at radius 1 is 1.25 bits per heavy atom. The van der Waals surface area contributed by atoms with E-state index in [2.05, 4.69) is 25.7 Å². The standard InChI is InChI=1S/C14H30N2/c1-4-6-7-13(15)12-16-10-8-14(3,5-2)9-11-16/h13H,4-12,15H2,1-3H3. The quantitative estimate of drug-likeness (QED) is 0.754. The molecule has 0 aliphatic carbocycles. The molecule has 16 heavy (non-hydrogen) atoms. The smallest absolute Gasteiger partial charge is 0.0167 e.